The molecule has 0 atom stereocenters. The van der Waals surface area contributed by atoms with Crippen LogP contribution in [0.5, 0.6) is 0 Å². The van der Waals surface area contributed by atoms with Gasteiger partial charge in [0.2, 0.25) is 0 Å². The molecule has 0 spiro atoms. The molecule has 0 aliphatic carbocycles. The van der Waals surface area contributed by atoms with Gasteiger partial charge in [0.15, 0.2) is 24.8 Å². The van der Waals surface area contributed by atoms with Gasteiger partial charge in [0.25, 0.3) is 11.8 Å². The summed E-state index contributed by atoms with van der Waals surface area (Å²) in [6, 6.07) is 14.5. The first-order valence-corrected chi connectivity index (χ1v) is 15.3. The van der Waals surface area contributed by atoms with Crippen molar-refractivity contribution in [2.75, 3.05) is 10.6 Å². The van der Waals surface area contributed by atoms with Crippen LogP contribution in [0.1, 0.15) is 112 Å². The predicted molar refractivity (Wildman–Crippen MR) is 162 cm³/mol. The van der Waals surface area contributed by atoms with Gasteiger partial charge in [-0.25, -0.2) is 9.13 Å². The zero-order valence-corrected chi connectivity index (χ0v) is 24.5. The molecule has 3 rings (SSSR count). The van der Waals surface area contributed by atoms with E-state index in [2.05, 4.69) is 33.6 Å². The second kappa shape index (κ2) is 17.9. The van der Waals surface area contributed by atoms with Crippen molar-refractivity contribution < 1.29 is 18.7 Å². The van der Waals surface area contributed by atoms with E-state index >= 15 is 0 Å². The summed E-state index contributed by atoms with van der Waals surface area (Å²) in [5, 5.41) is 5.88. The van der Waals surface area contributed by atoms with Crippen molar-refractivity contribution in [2.45, 2.75) is 104 Å². The highest BCUT2D eigenvalue weighted by Gasteiger charge is 2.18. The third kappa shape index (κ3) is 10.9. The summed E-state index contributed by atoms with van der Waals surface area (Å²) in [6.45, 7) is 6.42. The van der Waals surface area contributed by atoms with Gasteiger partial charge < -0.3 is 10.6 Å². The quantitative estimate of drug-likeness (QED) is 0.129. The Bertz CT molecular complexity index is 1070. The summed E-state index contributed by atoms with van der Waals surface area (Å²) in [5.41, 5.74) is 2.10. The minimum Gasteiger partial charge on any atom is -0.322 e. The number of aromatic nitrogens is 2. The lowest BCUT2D eigenvalue weighted by Crippen LogP contribution is -2.32. The maximum atomic E-state index is 13.1. The zero-order chi connectivity index (χ0) is 28.4. The third-order valence-corrected chi connectivity index (χ3v) is 7.25. The Morgan fingerprint density at radius 2 is 0.875 bits per heavy atom. The number of nitrogens with one attached hydrogen (secondary N) is 2. The Labute approximate surface area is 240 Å². The number of rotatable bonds is 18. The summed E-state index contributed by atoms with van der Waals surface area (Å²) >= 11 is 0. The largest absolute Gasteiger partial charge is 0.322 e. The highest BCUT2D eigenvalue weighted by atomic mass is 16.2. The minimum absolute atomic E-state index is 0.302. The molecule has 0 radical (unpaired) electrons. The number of carbonyl (C=O) groups is 2. The van der Waals surface area contributed by atoms with Crippen LogP contribution in [0.15, 0.2) is 73.3 Å². The molecule has 0 unspecified atom stereocenters. The lowest BCUT2D eigenvalue weighted by molar-refractivity contribution is -0.697. The van der Waals surface area contributed by atoms with Crippen molar-refractivity contribution in [3.05, 3.63) is 84.4 Å². The van der Waals surface area contributed by atoms with E-state index in [9.17, 15) is 9.59 Å². The van der Waals surface area contributed by atoms with Gasteiger partial charge >= 0.3 is 0 Å². The van der Waals surface area contributed by atoms with E-state index in [4.69, 9.17) is 0 Å². The van der Waals surface area contributed by atoms with E-state index in [0.29, 0.717) is 22.5 Å². The monoisotopic (exact) mass is 544 g/mol. The first-order valence-electron chi connectivity index (χ1n) is 15.3. The molecule has 0 saturated heterocycles. The fourth-order valence-corrected chi connectivity index (χ4v) is 4.80. The Morgan fingerprint density at radius 3 is 1.25 bits per heavy atom. The molecule has 214 valence electrons. The number of unbranched alkanes of at least 4 members (excludes halogenated alkanes) is 10. The number of anilines is 2. The molecule has 2 aromatic heterocycles. The minimum atomic E-state index is -0.302. The van der Waals surface area contributed by atoms with E-state index in [-0.39, 0.29) is 11.8 Å². The van der Waals surface area contributed by atoms with E-state index < -0.39 is 0 Å². The van der Waals surface area contributed by atoms with Crippen LogP contribution in [0, 0.1) is 0 Å². The van der Waals surface area contributed by atoms with Gasteiger partial charge in [-0.05, 0) is 25.0 Å². The fourth-order valence-electron chi connectivity index (χ4n) is 4.80. The SMILES string of the molecule is CCCCCCCC[n+]1ccc(NC(=O)c2ccccc2C(=O)Nc2cc[n+](CCCCCCCC)cc2)cc1. The van der Waals surface area contributed by atoms with Gasteiger partial charge in [-0.15, -0.1) is 0 Å². The van der Waals surface area contributed by atoms with E-state index in [1.54, 1.807) is 24.3 Å². The number of hydrogen-bond donors (Lipinski definition) is 2. The molecule has 0 bridgehead atoms. The number of carbonyl (C=O) groups excluding carboxylic acids is 2. The molecule has 6 heteroatoms. The van der Waals surface area contributed by atoms with Crippen LogP contribution in [0.4, 0.5) is 11.4 Å². The first kappa shape index (κ1) is 31.0. The molecular formula is C34H48N4O2+2. The van der Waals surface area contributed by atoms with Gasteiger partial charge in [-0.1, -0.05) is 77.3 Å². The average Bonchev–Trinajstić information content (AvgIpc) is 2.98. The standard InChI is InChI=1S/C34H46N4O2/c1-3-5-7-9-11-15-23-37-25-19-29(20-26-37)35-33(39)31-17-13-14-18-32(31)34(40)36-30-21-27-38(28-22-30)24-16-12-10-8-6-4-2/h13-14,17-22,25-28H,3-12,15-16,23-24H2,1-2H3/p+2. The highest BCUT2D eigenvalue weighted by molar-refractivity contribution is 6.15. The van der Waals surface area contributed by atoms with Crippen molar-refractivity contribution in [1.29, 1.82) is 0 Å². The van der Waals surface area contributed by atoms with Crippen LogP contribution in [-0.2, 0) is 13.1 Å². The van der Waals surface area contributed by atoms with Crippen LogP contribution in [0.3, 0.4) is 0 Å². The van der Waals surface area contributed by atoms with Crippen LogP contribution < -0.4 is 19.8 Å². The normalized spacial score (nSPS) is 10.8. The van der Waals surface area contributed by atoms with E-state index in [0.717, 1.165) is 25.9 Å². The van der Waals surface area contributed by atoms with Gasteiger partial charge in [-0.3, -0.25) is 9.59 Å². The average molecular weight is 545 g/mol. The second-order valence-corrected chi connectivity index (χ2v) is 10.6. The van der Waals surface area contributed by atoms with Gasteiger partial charge in [0.1, 0.15) is 13.1 Å². The topological polar surface area (TPSA) is 66.0 Å². The highest BCUT2D eigenvalue weighted by Crippen LogP contribution is 2.15. The lowest BCUT2D eigenvalue weighted by Gasteiger charge is -2.10. The smallest absolute Gasteiger partial charge is 0.256 e. The number of benzene rings is 1. The summed E-state index contributed by atoms with van der Waals surface area (Å²) in [6.07, 6.45) is 23.2. The van der Waals surface area contributed by atoms with Gasteiger partial charge in [0.05, 0.1) is 22.5 Å². The molecular weight excluding hydrogens is 496 g/mol. The molecule has 0 saturated carbocycles. The molecule has 2 N–H and O–H groups in total. The van der Waals surface area contributed by atoms with Crippen molar-refractivity contribution in [1.82, 2.24) is 0 Å². The van der Waals surface area contributed by atoms with Crippen molar-refractivity contribution in [2.24, 2.45) is 0 Å². The summed E-state index contributed by atoms with van der Waals surface area (Å²) in [5.74, 6) is -0.603. The molecule has 40 heavy (non-hydrogen) atoms. The maximum absolute atomic E-state index is 13.1. The zero-order valence-electron chi connectivity index (χ0n) is 24.5. The molecule has 0 aliphatic heterocycles. The molecule has 2 heterocycles. The predicted octanol–water partition coefficient (Wildman–Crippen LogP) is 7.49. The summed E-state index contributed by atoms with van der Waals surface area (Å²) in [7, 11) is 0. The van der Waals surface area contributed by atoms with Crippen LogP contribution in [-0.4, -0.2) is 11.8 Å². The number of aryl methyl sites for hydroxylation is 2. The molecule has 0 aliphatic rings. The van der Waals surface area contributed by atoms with Crippen LogP contribution in [0.2, 0.25) is 0 Å². The Kier molecular flexibility index (Phi) is 13.9. The summed E-state index contributed by atoms with van der Waals surface area (Å²) in [4.78, 5) is 26.2. The first-order chi connectivity index (χ1) is 19.6. The lowest BCUT2D eigenvalue weighted by atomic mass is 10.1. The van der Waals surface area contributed by atoms with Gasteiger partial charge in [0, 0.05) is 37.1 Å². The van der Waals surface area contributed by atoms with Crippen molar-refractivity contribution in [3.8, 4) is 0 Å². The van der Waals surface area contributed by atoms with Crippen LogP contribution in [0.25, 0.3) is 0 Å². The Balaban J connectivity index is 1.50. The Morgan fingerprint density at radius 1 is 0.525 bits per heavy atom. The third-order valence-electron chi connectivity index (χ3n) is 7.25. The number of amides is 2. The Hall–Kier alpha value is -3.54. The molecule has 1 aromatic carbocycles. The molecule has 2 amide bonds. The van der Waals surface area contributed by atoms with Crippen molar-refractivity contribution in [3.63, 3.8) is 0 Å². The number of pyridine rings is 2. The van der Waals surface area contributed by atoms with E-state index in [1.165, 1.54) is 64.2 Å². The summed E-state index contributed by atoms with van der Waals surface area (Å²) < 4.78 is 4.29. The number of nitrogens with zero attached hydrogens (tertiary/aromatic N) is 2. The van der Waals surface area contributed by atoms with Gasteiger partial charge in [-0.2, -0.15) is 0 Å². The molecule has 6 nitrogen and oxygen atoms in total. The van der Waals surface area contributed by atoms with E-state index in [1.807, 2.05) is 49.1 Å². The maximum Gasteiger partial charge on any atom is 0.256 e. The fraction of sp³-hybridized carbons (Fsp3) is 0.471. The molecule has 0 fully saturated rings. The second-order valence-electron chi connectivity index (χ2n) is 10.6. The van der Waals surface area contributed by atoms with Crippen LogP contribution >= 0.6 is 0 Å². The molecule has 3 aromatic rings. The van der Waals surface area contributed by atoms with Crippen molar-refractivity contribution >= 4 is 23.2 Å². The number of hydrogen-bond acceptors (Lipinski definition) is 2.